The maximum absolute atomic E-state index is 13.8. The van der Waals surface area contributed by atoms with E-state index in [0.29, 0.717) is 21.8 Å². The number of nitrogens with zero attached hydrogens (tertiary/aromatic N) is 2. The average molecular weight is 501 g/mol. The van der Waals surface area contributed by atoms with Gasteiger partial charge in [0.1, 0.15) is 24.3 Å². The van der Waals surface area contributed by atoms with Gasteiger partial charge in [-0.2, -0.15) is 0 Å². The summed E-state index contributed by atoms with van der Waals surface area (Å²) >= 11 is 1.17. The zero-order valence-corrected chi connectivity index (χ0v) is 18.7. The molecule has 8 nitrogen and oxygen atoms in total. The number of benzene rings is 1. The standard InChI is InChI=1S/C23H18F3N5O3S/c1-2-20-30-19(11-35-20)31-22(33)29-18(10-34-21(27)32)17-6-3-12(9-28-17)14-5-4-13(24)7-15(14)16-8-23(16,25)26/h1,3-7,9,11,16,18H,8,10H2,(H2,27,32)(H2,29,31,33). The van der Waals surface area contributed by atoms with E-state index < -0.39 is 35.8 Å². The van der Waals surface area contributed by atoms with Crippen LogP contribution in [0.5, 0.6) is 0 Å². The number of nitrogens with one attached hydrogen (secondary N) is 2. The summed E-state index contributed by atoms with van der Waals surface area (Å²) in [7, 11) is 0. The fourth-order valence-corrected chi connectivity index (χ4v) is 4.03. The van der Waals surface area contributed by atoms with E-state index in [1.54, 1.807) is 11.4 Å². The number of amides is 3. The first-order valence-electron chi connectivity index (χ1n) is 10.2. The summed E-state index contributed by atoms with van der Waals surface area (Å²) in [6.07, 6.45) is 5.28. The summed E-state index contributed by atoms with van der Waals surface area (Å²) in [5.41, 5.74) is 6.45. The minimum Gasteiger partial charge on any atom is -0.447 e. The first-order valence-corrected chi connectivity index (χ1v) is 11.1. The number of rotatable bonds is 7. The van der Waals surface area contributed by atoms with Gasteiger partial charge in [0.25, 0.3) is 5.92 Å². The Bertz CT molecular complexity index is 1310. The topological polar surface area (TPSA) is 119 Å². The number of hydrogen-bond acceptors (Lipinski definition) is 6. The van der Waals surface area contributed by atoms with Gasteiger partial charge in [0.05, 0.1) is 11.6 Å². The minimum absolute atomic E-state index is 0.199. The molecule has 12 heteroatoms. The molecule has 35 heavy (non-hydrogen) atoms. The van der Waals surface area contributed by atoms with Gasteiger partial charge in [-0.05, 0) is 35.2 Å². The van der Waals surface area contributed by atoms with Gasteiger partial charge in [-0.1, -0.05) is 12.1 Å². The SMILES string of the molecule is C#Cc1nc(NC(=O)NC(COC(N)=O)c2ccc(-c3ccc(F)cc3C3CC3(F)F)cn2)cs1. The third kappa shape index (κ3) is 5.70. The molecule has 2 unspecified atom stereocenters. The number of carbonyl (C=O) groups excluding carboxylic acids is 2. The Hall–Kier alpha value is -4.11. The van der Waals surface area contributed by atoms with Crippen LogP contribution in [0.2, 0.25) is 0 Å². The molecule has 2 atom stereocenters. The maximum Gasteiger partial charge on any atom is 0.404 e. The smallest absolute Gasteiger partial charge is 0.404 e. The summed E-state index contributed by atoms with van der Waals surface area (Å²) < 4.78 is 45.9. The molecule has 1 aliphatic rings. The molecule has 2 heterocycles. The molecule has 1 aromatic carbocycles. The molecule has 0 saturated heterocycles. The zero-order chi connectivity index (χ0) is 25.2. The molecule has 1 aliphatic carbocycles. The summed E-state index contributed by atoms with van der Waals surface area (Å²) in [5, 5.41) is 7.05. The van der Waals surface area contributed by atoms with Crippen molar-refractivity contribution >= 4 is 29.3 Å². The summed E-state index contributed by atoms with van der Waals surface area (Å²) in [4.78, 5) is 31.9. The molecular weight excluding hydrogens is 483 g/mol. The molecule has 4 N–H and O–H groups in total. The molecule has 180 valence electrons. The van der Waals surface area contributed by atoms with E-state index in [1.165, 1.54) is 35.7 Å². The van der Waals surface area contributed by atoms with Crippen molar-refractivity contribution in [3.05, 3.63) is 64.0 Å². The van der Waals surface area contributed by atoms with Crippen molar-refractivity contribution in [3.8, 4) is 23.5 Å². The van der Waals surface area contributed by atoms with Crippen molar-refractivity contribution in [3.63, 3.8) is 0 Å². The van der Waals surface area contributed by atoms with Crippen LogP contribution < -0.4 is 16.4 Å². The number of anilines is 1. The molecule has 0 spiro atoms. The highest BCUT2D eigenvalue weighted by Gasteiger charge is 2.58. The van der Waals surface area contributed by atoms with Gasteiger partial charge in [0, 0.05) is 23.6 Å². The highest BCUT2D eigenvalue weighted by atomic mass is 32.1. The number of hydrogen-bond donors (Lipinski definition) is 3. The molecule has 1 saturated carbocycles. The van der Waals surface area contributed by atoms with Crippen LogP contribution in [0.15, 0.2) is 41.9 Å². The van der Waals surface area contributed by atoms with Crippen molar-refractivity contribution in [2.24, 2.45) is 5.73 Å². The number of urea groups is 1. The second-order valence-electron chi connectivity index (χ2n) is 7.68. The molecule has 1 fully saturated rings. The fourth-order valence-electron chi connectivity index (χ4n) is 3.48. The Morgan fingerprint density at radius 1 is 1.34 bits per heavy atom. The number of terminal acetylenes is 1. The quantitative estimate of drug-likeness (QED) is 0.415. The monoisotopic (exact) mass is 501 g/mol. The Morgan fingerprint density at radius 3 is 2.71 bits per heavy atom. The van der Waals surface area contributed by atoms with Gasteiger partial charge in [-0.25, -0.2) is 27.7 Å². The van der Waals surface area contributed by atoms with Crippen molar-refractivity contribution in [1.29, 1.82) is 0 Å². The average Bonchev–Trinajstić information content (AvgIpc) is 3.22. The van der Waals surface area contributed by atoms with Crippen LogP contribution in [-0.4, -0.2) is 34.6 Å². The van der Waals surface area contributed by atoms with E-state index in [4.69, 9.17) is 16.9 Å². The van der Waals surface area contributed by atoms with Gasteiger partial charge >= 0.3 is 12.1 Å². The van der Waals surface area contributed by atoms with Crippen LogP contribution in [0.4, 0.5) is 28.6 Å². The van der Waals surface area contributed by atoms with Gasteiger partial charge in [0.2, 0.25) is 0 Å². The Kier molecular flexibility index (Phi) is 6.61. The summed E-state index contributed by atoms with van der Waals surface area (Å²) in [6, 6.07) is 5.27. The largest absolute Gasteiger partial charge is 0.447 e. The second kappa shape index (κ2) is 9.63. The van der Waals surface area contributed by atoms with E-state index in [2.05, 4.69) is 26.5 Å². The number of ether oxygens (including phenoxy) is 1. The number of thiazole rings is 1. The lowest BCUT2D eigenvalue weighted by Crippen LogP contribution is -2.36. The number of halogens is 3. The lowest BCUT2D eigenvalue weighted by molar-refractivity contribution is 0.112. The molecule has 2 aromatic heterocycles. The molecule has 0 bridgehead atoms. The molecule has 3 amide bonds. The van der Waals surface area contributed by atoms with E-state index in [9.17, 15) is 22.8 Å². The number of carbonyl (C=O) groups is 2. The summed E-state index contributed by atoms with van der Waals surface area (Å²) in [5.74, 6) is -1.95. The Labute approximate surface area is 201 Å². The van der Waals surface area contributed by atoms with Gasteiger partial charge in [0.15, 0.2) is 5.01 Å². The van der Waals surface area contributed by atoms with Crippen LogP contribution in [0.3, 0.4) is 0 Å². The van der Waals surface area contributed by atoms with Gasteiger partial charge < -0.3 is 15.8 Å². The lowest BCUT2D eigenvalue weighted by atomic mass is 9.97. The normalized spacial score (nSPS) is 16.6. The number of primary amides is 1. The van der Waals surface area contributed by atoms with E-state index in [-0.39, 0.29) is 24.4 Å². The highest BCUT2D eigenvalue weighted by molar-refractivity contribution is 7.10. The van der Waals surface area contributed by atoms with Crippen LogP contribution in [0.1, 0.15) is 34.6 Å². The van der Waals surface area contributed by atoms with Crippen LogP contribution in [0, 0.1) is 18.2 Å². The van der Waals surface area contributed by atoms with Crippen LogP contribution in [-0.2, 0) is 4.74 Å². The van der Waals surface area contributed by atoms with Gasteiger partial charge in [-0.3, -0.25) is 10.3 Å². The second-order valence-corrected chi connectivity index (χ2v) is 8.54. The predicted molar refractivity (Wildman–Crippen MR) is 122 cm³/mol. The Morgan fingerprint density at radius 2 is 2.11 bits per heavy atom. The van der Waals surface area contributed by atoms with Crippen molar-refractivity contribution in [2.75, 3.05) is 11.9 Å². The molecular formula is C23H18F3N5O3S. The molecule has 0 radical (unpaired) electrons. The maximum atomic E-state index is 13.8. The van der Waals surface area contributed by atoms with E-state index in [0.717, 1.165) is 6.07 Å². The number of alkyl halides is 2. The molecule has 0 aliphatic heterocycles. The van der Waals surface area contributed by atoms with Crippen molar-refractivity contribution < 1.29 is 27.5 Å². The molecule has 3 aromatic rings. The lowest BCUT2D eigenvalue weighted by Gasteiger charge is -2.18. The summed E-state index contributed by atoms with van der Waals surface area (Å²) in [6.45, 7) is -0.322. The van der Waals surface area contributed by atoms with Crippen LogP contribution in [0.25, 0.3) is 11.1 Å². The number of nitrogens with two attached hydrogens (primary N) is 1. The van der Waals surface area contributed by atoms with Gasteiger partial charge in [-0.15, -0.1) is 17.8 Å². The number of pyridine rings is 1. The first-order chi connectivity index (χ1) is 16.7. The fraction of sp³-hybridized carbons (Fsp3) is 0.217. The van der Waals surface area contributed by atoms with E-state index >= 15 is 0 Å². The third-order valence-corrected chi connectivity index (χ3v) is 6.01. The van der Waals surface area contributed by atoms with Crippen molar-refractivity contribution in [2.45, 2.75) is 24.3 Å². The number of aromatic nitrogens is 2. The van der Waals surface area contributed by atoms with Crippen molar-refractivity contribution in [1.82, 2.24) is 15.3 Å². The minimum atomic E-state index is -2.87. The predicted octanol–water partition coefficient (Wildman–Crippen LogP) is 4.41. The Balaban J connectivity index is 1.54. The van der Waals surface area contributed by atoms with E-state index in [1.807, 2.05) is 0 Å². The zero-order valence-electron chi connectivity index (χ0n) is 17.9. The third-order valence-electron chi connectivity index (χ3n) is 5.24. The highest BCUT2D eigenvalue weighted by Crippen LogP contribution is 2.57. The molecule has 4 rings (SSSR count). The van der Waals surface area contributed by atoms with Crippen LogP contribution >= 0.6 is 11.3 Å². The first kappa shape index (κ1) is 24.0.